The van der Waals surface area contributed by atoms with Crippen molar-refractivity contribution in [2.45, 2.75) is 32.1 Å². The topological polar surface area (TPSA) is 35.5 Å². The van der Waals surface area contributed by atoms with Crippen LogP contribution in [-0.2, 0) is 4.79 Å². The van der Waals surface area contributed by atoms with Crippen LogP contribution >= 0.6 is 0 Å². The molecule has 1 unspecified atom stereocenters. The fraction of sp³-hybridized carbons (Fsp3) is 0.500. The van der Waals surface area contributed by atoms with E-state index in [2.05, 4.69) is 0 Å². The number of halogens is 2. The predicted molar refractivity (Wildman–Crippen MR) is 66.1 cm³/mol. The van der Waals surface area contributed by atoms with E-state index in [-0.39, 0.29) is 17.9 Å². The van der Waals surface area contributed by atoms with Gasteiger partial charge in [0.25, 0.3) is 6.43 Å². The van der Waals surface area contributed by atoms with Gasteiger partial charge in [0.15, 0.2) is 11.5 Å². The lowest BCUT2D eigenvalue weighted by Gasteiger charge is -2.17. The van der Waals surface area contributed by atoms with Crippen LogP contribution in [0.4, 0.5) is 8.78 Å². The van der Waals surface area contributed by atoms with Gasteiger partial charge in [0, 0.05) is 18.4 Å². The highest BCUT2D eigenvalue weighted by atomic mass is 19.3. The number of alkyl halides is 2. The van der Waals surface area contributed by atoms with Crippen LogP contribution < -0.4 is 9.47 Å². The van der Waals surface area contributed by atoms with Crippen molar-refractivity contribution in [3.63, 3.8) is 0 Å². The molecule has 5 heteroatoms. The molecule has 0 radical (unpaired) electrons. The van der Waals surface area contributed by atoms with Gasteiger partial charge < -0.3 is 14.3 Å². The summed E-state index contributed by atoms with van der Waals surface area (Å²) in [6.07, 6.45) is -0.929. The van der Waals surface area contributed by atoms with Crippen molar-refractivity contribution in [3.8, 4) is 11.5 Å². The second kappa shape index (κ2) is 5.99. The average Bonchev–Trinajstić information content (AvgIpc) is 2.61. The summed E-state index contributed by atoms with van der Waals surface area (Å²) in [5.41, 5.74) is 0.366. The fourth-order valence-corrected chi connectivity index (χ4v) is 2.13. The molecule has 0 saturated carbocycles. The van der Waals surface area contributed by atoms with Crippen LogP contribution in [0.25, 0.3) is 0 Å². The molecule has 19 heavy (non-hydrogen) atoms. The summed E-state index contributed by atoms with van der Waals surface area (Å²) >= 11 is 0. The highest BCUT2D eigenvalue weighted by molar-refractivity contribution is 5.54. The zero-order chi connectivity index (χ0) is 13.8. The number of fused-ring (bicyclic) bond motifs is 1. The third-order valence-electron chi connectivity index (χ3n) is 3.17. The molecule has 104 valence electrons. The third kappa shape index (κ3) is 3.03. The van der Waals surface area contributed by atoms with Gasteiger partial charge in [-0.3, -0.25) is 0 Å². The molecule has 0 spiro atoms. The lowest BCUT2D eigenvalue weighted by Crippen LogP contribution is -2.03. The quantitative estimate of drug-likeness (QED) is 0.786. The monoisotopic (exact) mass is 270 g/mol. The first-order valence-corrected chi connectivity index (χ1v) is 6.28. The smallest absolute Gasteiger partial charge is 0.264 e. The fourth-order valence-electron chi connectivity index (χ4n) is 2.13. The normalized spacial score (nSPS) is 16.0. The molecule has 1 aliphatic rings. The number of aldehydes is 1. The number of benzene rings is 1. The summed E-state index contributed by atoms with van der Waals surface area (Å²) in [5, 5.41) is 0. The van der Waals surface area contributed by atoms with Gasteiger partial charge >= 0.3 is 0 Å². The lowest BCUT2D eigenvalue weighted by molar-refractivity contribution is -0.108. The number of rotatable bonds is 4. The molecule has 1 heterocycles. The molecular weight excluding hydrogens is 254 g/mol. The molecule has 1 aromatic carbocycles. The summed E-state index contributed by atoms with van der Waals surface area (Å²) in [7, 11) is 0. The zero-order valence-corrected chi connectivity index (χ0v) is 10.7. The van der Waals surface area contributed by atoms with Crippen LogP contribution in [0.1, 0.15) is 43.2 Å². The largest absolute Gasteiger partial charge is 0.490 e. The van der Waals surface area contributed by atoms with Crippen molar-refractivity contribution < 1.29 is 23.0 Å². The number of carbonyl (C=O) groups excluding carboxylic acids is 1. The Labute approximate surface area is 110 Å². The molecule has 0 fully saturated rings. The van der Waals surface area contributed by atoms with Crippen LogP contribution in [0.2, 0.25) is 0 Å². The van der Waals surface area contributed by atoms with Gasteiger partial charge in [-0.05, 0) is 23.6 Å². The summed E-state index contributed by atoms with van der Waals surface area (Å²) in [5.74, 6) is 0.572. The Morgan fingerprint density at radius 1 is 1.21 bits per heavy atom. The van der Waals surface area contributed by atoms with E-state index in [9.17, 15) is 13.6 Å². The van der Waals surface area contributed by atoms with Crippen LogP contribution in [0.5, 0.6) is 11.5 Å². The second-order valence-corrected chi connectivity index (χ2v) is 4.58. The molecular formula is C14H16F2O3. The zero-order valence-electron chi connectivity index (χ0n) is 10.7. The first kappa shape index (κ1) is 13.8. The maximum Gasteiger partial charge on any atom is 0.264 e. The first-order chi connectivity index (χ1) is 9.13. The van der Waals surface area contributed by atoms with E-state index < -0.39 is 6.43 Å². The third-order valence-corrected chi connectivity index (χ3v) is 3.17. The van der Waals surface area contributed by atoms with E-state index in [1.54, 1.807) is 13.0 Å². The van der Waals surface area contributed by atoms with Crippen molar-refractivity contribution >= 4 is 6.29 Å². The van der Waals surface area contributed by atoms with Crippen LogP contribution in [-0.4, -0.2) is 19.5 Å². The highest BCUT2D eigenvalue weighted by Crippen LogP contribution is 2.39. The molecule has 3 nitrogen and oxygen atoms in total. The average molecular weight is 270 g/mol. The Balaban J connectivity index is 2.45. The van der Waals surface area contributed by atoms with Crippen molar-refractivity contribution in [3.05, 3.63) is 23.3 Å². The second-order valence-electron chi connectivity index (χ2n) is 4.58. The van der Waals surface area contributed by atoms with Gasteiger partial charge in [-0.15, -0.1) is 0 Å². The molecule has 0 bridgehead atoms. The molecule has 0 aliphatic carbocycles. The Hall–Kier alpha value is -1.65. The SMILES string of the molecule is CC(CC=O)c1cc2c(cc1C(F)F)OCCCO2. The Morgan fingerprint density at radius 2 is 1.79 bits per heavy atom. The molecule has 0 amide bonds. The van der Waals surface area contributed by atoms with Gasteiger partial charge in [-0.25, -0.2) is 8.78 Å². The number of carbonyl (C=O) groups is 1. The van der Waals surface area contributed by atoms with E-state index in [0.717, 1.165) is 12.7 Å². The summed E-state index contributed by atoms with van der Waals surface area (Å²) in [6.45, 7) is 2.71. The number of hydrogen-bond donors (Lipinski definition) is 0. The maximum atomic E-state index is 13.1. The minimum Gasteiger partial charge on any atom is -0.490 e. The summed E-state index contributed by atoms with van der Waals surface area (Å²) in [6, 6.07) is 2.91. The number of ether oxygens (including phenoxy) is 2. The standard InChI is InChI=1S/C14H16F2O3/c1-9(3-4-17)10-7-12-13(8-11(10)14(15)16)19-6-2-5-18-12/h4,7-9,14H,2-3,5-6H2,1H3. The van der Waals surface area contributed by atoms with Crippen molar-refractivity contribution in [1.29, 1.82) is 0 Å². The van der Waals surface area contributed by atoms with E-state index in [1.165, 1.54) is 6.07 Å². The van der Waals surface area contributed by atoms with Crippen LogP contribution in [0.15, 0.2) is 12.1 Å². The molecule has 1 aromatic rings. The minimum atomic E-state index is -2.60. The molecule has 0 saturated heterocycles. The summed E-state index contributed by atoms with van der Waals surface area (Å²) < 4.78 is 37.1. The molecule has 2 rings (SSSR count). The van der Waals surface area contributed by atoms with Gasteiger partial charge in [0.05, 0.1) is 13.2 Å². The summed E-state index contributed by atoms with van der Waals surface area (Å²) in [4.78, 5) is 10.6. The minimum absolute atomic E-state index is 0.0846. The Morgan fingerprint density at radius 3 is 2.32 bits per heavy atom. The molecule has 1 atom stereocenters. The van der Waals surface area contributed by atoms with Gasteiger partial charge in [0.2, 0.25) is 0 Å². The van der Waals surface area contributed by atoms with Crippen molar-refractivity contribution in [1.82, 2.24) is 0 Å². The van der Waals surface area contributed by atoms with E-state index in [0.29, 0.717) is 30.3 Å². The van der Waals surface area contributed by atoms with Crippen LogP contribution in [0.3, 0.4) is 0 Å². The van der Waals surface area contributed by atoms with Crippen molar-refractivity contribution in [2.24, 2.45) is 0 Å². The predicted octanol–water partition coefficient (Wildman–Crippen LogP) is 3.48. The van der Waals surface area contributed by atoms with Crippen LogP contribution in [0, 0.1) is 0 Å². The molecule has 0 aromatic heterocycles. The van der Waals surface area contributed by atoms with Crippen molar-refractivity contribution in [2.75, 3.05) is 13.2 Å². The van der Waals surface area contributed by atoms with Gasteiger partial charge in [-0.1, -0.05) is 6.92 Å². The Bertz CT molecular complexity index is 460. The molecule has 1 aliphatic heterocycles. The molecule has 0 N–H and O–H groups in total. The lowest BCUT2D eigenvalue weighted by atomic mass is 9.93. The maximum absolute atomic E-state index is 13.1. The van der Waals surface area contributed by atoms with E-state index in [4.69, 9.17) is 9.47 Å². The highest BCUT2D eigenvalue weighted by Gasteiger charge is 2.22. The van der Waals surface area contributed by atoms with Gasteiger partial charge in [0.1, 0.15) is 6.29 Å². The number of hydrogen-bond acceptors (Lipinski definition) is 3. The Kier molecular flexibility index (Phi) is 4.35. The van der Waals surface area contributed by atoms with E-state index >= 15 is 0 Å². The first-order valence-electron chi connectivity index (χ1n) is 6.28. The van der Waals surface area contributed by atoms with E-state index in [1.807, 2.05) is 0 Å². The van der Waals surface area contributed by atoms with Gasteiger partial charge in [-0.2, -0.15) is 0 Å².